The minimum Gasteiger partial charge on any atom is -0.656 e. The Morgan fingerprint density at radius 1 is 0.438 bits per heavy atom. The number of allylic oxidation sites excluding steroid dienone is 4. The summed E-state index contributed by atoms with van der Waals surface area (Å²) in [6.45, 7) is 18.0. The quantitative estimate of drug-likeness (QED) is 0.142. The second kappa shape index (κ2) is 20.6. The summed E-state index contributed by atoms with van der Waals surface area (Å²) in [6.07, 6.45) is 12.9. The molecule has 6 aromatic carbocycles. The molecule has 73 heavy (non-hydrogen) atoms. The number of rotatable bonds is 8. The number of nitrogens with zero attached hydrogens (tertiary/aromatic N) is 4. The van der Waals surface area contributed by atoms with Gasteiger partial charge in [0, 0.05) is 21.2 Å². The van der Waals surface area contributed by atoms with E-state index < -0.39 is 0 Å². The summed E-state index contributed by atoms with van der Waals surface area (Å²) in [7, 11) is 0. The molecule has 0 spiro atoms. The molecule has 4 nitrogen and oxygen atoms in total. The van der Waals surface area contributed by atoms with Crippen LogP contribution in [0.15, 0.2) is 166 Å². The zero-order valence-corrected chi connectivity index (χ0v) is 45.3. The van der Waals surface area contributed by atoms with Gasteiger partial charge in [-0.25, -0.2) is 9.98 Å². The van der Waals surface area contributed by atoms with Gasteiger partial charge >= 0.3 is 17.1 Å². The predicted molar refractivity (Wildman–Crippen MR) is 307 cm³/mol. The van der Waals surface area contributed by atoms with Crippen molar-refractivity contribution in [3.05, 3.63) is 222 Å². The zero-order valence-electron chi connectivity index (χ0n) is 42.8. The number of hydrogen-bond donors (Lipinski definition) is 0. The van der Waals surface area contributed by atoms with Crippen LogP contribution in [0.4, 0.5) is 0 Å². The number of hydrogen-bond acceptors (Lipinski definition) is 2. The molecule has 0 saturated heterocycles. The number of benzene rings is 6. The Hall–Kier alpha value is -6.20. The van der Waals surface area contributed by atoms with Crippen molar-refractivity contribution in [2.75, 3.05) is 0 Å². The van der Waals surface area contributed by atoms with E-state index in [1.807, 2.05) is 12.1 Å². The summed E-state index contributed by atoms with van der Waals surface area (Å²) in [5, 5.41) is 5.86. The maximum atomic E-state index is 6.48. The Balaban J connectivity index is 0.000000165. The maximum Gasteiger partial charge on any atom is 2.00 e. The molecule has 0 bridgehead atoms. The largest absolute Gasteiger partial charge is 2.00 e. The summed E-state index contributed by atoms with van der Waals surface area (Å²) < 4.78 is 0. The third-order valence-corrected chi connectivity index (χ3v) is 15.4. The molecule has 0 N–H and O–H groups in total. The van der Waals surface area contributed by atoms with Gasteiger partial charge in [0.05, 0.1) is 22.8 Å². The van der Waals surface area contributed by atoms with E-state index in [1.54, 1.807) is 0 Å². The van der Waals surface area contributed by atoms with Crippen LogP contribution < -0.4 is 9.97 Å². The van der Waals surface area contributed by atoms with Crippen LogP contribution in [-0.4, -0.2) is 11.4 Å². The van der Waals surface area contributed by atoms with Crippen LogP contribution in [0.25, 0.3) is 56.2 Å². The smallest absolute Gasteiger partial charge is 0.656 e. The van der Waals surface area contributed by atoms with Crippen molar-refractivity contribution in [1.29, 1.82) is 0 Å². The zero-order chi connectivity index (χ0) is 49.9. The molecule has 8 aromatic rings. The Bertz CT molecular complexity index is 3440. The number of aromatic nitrogens is 2. The molecule has 7 heteroatoms. The average molecular weight is 1040 g/mol. The van der Waals surface area contributed by atoms with Gasteiger partial charge in [0.2, 0.25) is 0 Å². The number of aryl methyl sites for hydroxylation is 2. The van der Waals surface area contributed by atoms with Crippen molar-refractivity contribution in [3.8, 4) is 22.5 Å². The van der Waals surface area contributed by atoms with E-state index >= 15 is 0 Å². The molecule has 4 heterocycles. The van der Waals surface area contributed by atoms with Crippen molar-refractivity contribution in [2.45, 2.75) is 105 Å². The van der Waals surface area contributed by atoms with E-state index in [0.29, 0.717) is 23.7 Å². The molecule has 4 aliphatic rings. The van der Waals surface area contributed by atoms with E-state index in [9.17, 15) is 0 Å². The molecular formula is C66H60Cl2CuN4. The average Bonchev–Trinajstić information content (AvgIpc) is 4.16. The predicted octanol–water partition coefficient (Wildman–Crippen LogP) is 18.2. The normalized spacial score (nSPS) is 15.8. The molecule has 2 aliphatic carbocycles. The Morgan fingerprint density at radius 3 is 1.25 bits per heavy atom. The van der Waals surface area contributed by atoms with Crippen LogP contribution in [0.2, 0.25) is 10.0 Å². The third-order valence-electron chi connectivity index (χ3n) is 14.9. The molecule has 1 radical (unpaired) electrons. The maximum absolute atomic E-state index is 6.48. The third kappa shape index (κ3) is 9.74. The van der Waals surface area contributed by atoms with Crippen molar-refractivity contribution in [2.24, 2.45) is 9.98 Å². The van der Waals surface area contributed by atoms with E-state index in [4.69, 9.17) is 43.2 Å². The van der Waals surface area contributed by atoms with E-state index in [1.165, 1.54) is 66.8 Å². The minimum absolute atomic E-state index is 0. The standard InChI is InChI=1S/2C33H30ClN2.Cu/c2*1-19(2)22-11-13-28(29(16-22)20(3)4)33-30-17-24(34)12-14-27(30)31(36-33)18-25-15-23-10-9-21-7-5-6-8-26(21)32(23)35-25;/h2*5-8,11-20H,9-10H2,1-4H3;/q2*-1;+2. The first-order valence-electron chi connectivity index (χ1n) is 25.8. The summed E-state index contributed by atoms with van der Waals surface area (Å²) in [5.41, 5.74) is 23.7. The topological polar surface area (TPSA) is 52.9 Å². The molecule has 0 amide bonds. The fraction of sp³-hybridized carbons (Fsp3) is 0.242. The molecule has 12 rings (SSSR count). The molecule has 0 unspecified atom stereocenters. The Labute approximate surface area is 451 Å². The Morgan fingerprint density at radius 2 is 0.849 bits per heavy atom. The van der Waals surface area contributed by atoms with Gasteiger partial charge in [0.1, 0.15) is 0 Å². The Kier molecular flexibility index (Phi) is 14.2. The van der Waals surface area contributed by atoms with Crippen LogP contribution in [0.3, 0.4) is 0 Å². The molecule has 2 aliphatic heterocycles. The first kappa shape index (κ1) is 50.3. The van der Waals surface area contributed by atoms with Gasteiger partial charge in [-0.3, -0.25) is 0 Å². The fourth-order valence-corrected chi connectivity index (χ4v) is 11.3. The van der Waals surface area contributed by atoms with E-state index in [0.717, 1.165) is 103 Å². The van der Waals surface area contributed by atoms with Crippen molar-refractivity contribution < 1.29 is 17.1 Å². The van der Waals surface area contributed by atoms with E-state index in [-0.39, 0.29) is 17.1 Å². The van der Waals surface area contributed by atoms with Crippen molar-refractivity contribution in [1.82, 2.24) is 9.97 Å². The number of fused-ring (bicyclic) bond motifs is 8. The van der Waals surface area contributed by atoms with Crippen LogP contribution in [0.5, 0.6) is 0 Å². The summed E-state index contributed by atoms with van der Waals surface area (Å²) in [4.78, 5) is 20.5. The van der Waals surface area contributed by atoms with Crippen LogP contribution in [0.1, 0.15) is 148 Å². The van der Waals surface area contributed by atoms with Crippen LogP contribution in [-0.2, 0) is 29.9 Å². The first-order chi connectivity index (χ1) is 34.8. The molecule has 2 aromatic heterocycles. The molecule has 0 fully saturated rings. The summed E-state index contributed by atoms with van der Waals surface area (Å²) in [5.74, 6) is 1.75. The molecular weight excluding hydrogens is 983 g/mol. The van der Waals surface area contributed by atoms with Crippen LogP contribution in [0, 0.1) is 0 Å². The van der Waals surface area contributed by atoms with Gasteiger partial charge in [0.25, 0.3) is 0 Å². The van der Waals surface area contributed by atoms with Gasteiger partial charge in [0.15, 0.2) is 0 Å². The van der Waals surface area contributed by atoms with Gasteiger partial charge in [-0.2, -0.15) is 0 Å². The molecule has 0 saturated carbocycles. The van der Waals surface area contributed by atoms with Crippen molar-refractivity contribution in [3.63, 3.8) is 0 Å². The SMILES string of the molecule is CC(C)c1ccc(-c2[n-]c(C=C3C=C4CCc5ccccc5C4=N3)c3ccc(Cl)cc23)c(C(C)C)c1.CC(C)c1ccc(-c2[n-]c(C=C3C=C4CCc5ccccc5C4=N3)c3ccc(Cl)cc23)c(C(C)C)c1.[Cu+2]. The summed E-state index contributed by atoms with van der Waals surface area (Å²) in [6, 6.07) is 43.1. The summed E-state index contributed by atoms with van der Waals surface area (Å²) >= 11 is 13.0. The van der Waals surface area contributed by atoms with Crippen LogP contribution >= 0.6 is 23.2 Å². The number of aliphatic imine (C=N–C) groups is 2. The van der Waals surface area contributed by atoms with Gasteiger partial charge in [-0.05, 0) is 163 Å². The van der Waals surface area contributed by atoms with E-state index in [2.05, 4.69) is 189 Å². The van der Waals surface area contributed by atoms with Gasteiger partial charge in [-0.1, -0.05) is 188 Å². The minimum atomic E-state index is 0. The number of halogens is 2. The van der Waals surface area contributed by atoms with Gasteiger partial charge in [-0.15, -0.1) is 22.8 Å². The molecule has 0 atom stereocenters. The molecule has 369 valence electrons. The van der Waals surface area contributed by atoms with Gasteiger partial charge < -0.3 is 9.97 Å². The fourth-order valence-electron chi connectivity index (χ4n) is 11.0. The van der Waals surface area contributed by atoms with Crippen molar-refractivity contribution >= 4 is 68.3 Å². The monoisotopic (exact) mass is 1040 g/mol. The second-order valence-electron chi connectivity index (χ2n) is 21.1. The first-order valence-corrected chi connectivity index (χ1v) is 26.5. The second-order valence-corrected chi connectivity index (χ2v) is 22.0.